The van der Waals surface area contributed by atoms with Gasteiger partial charge in [-0.1, -0.05) is 0 Å². The maximum absolute atomic E-state index is 12.8. The maximum Gasteiger partial charge on any atom is 0.321 e. The zero-order chi connectivity index (χ0) is 20.4. The lowest BCUT2D eigenvalue weighted by atomic mass is 10.2. The molecule has 29 heavy (non-hydrogen) atoms. The highest BCUT2D eigenvalue weighted by atomic mass is 32.1. The summed E-state index contributed by atoms with van der Waals surface area (Å²) in [6.07, 6.45) is 3.22. The maximum atomic E-state index is 12.8. The number of benzene rings is 1. The Hall–Kier alpha value is -3.52. The smallest absolute Gasteiger partial charge is 0.321 e. The number of furan rings is 1. The molecule has 0 atom stereocenters. The molecule has 0 bridgehead atoms. The second kappa shape index (κ2) is 7.84. The van der Waals surface area contributed by atoms with Gasteiger partial charge in [-0.15, -0.1) is 11.3 Å². The lowest BCUT2D eigenvalue weighted by Crippen LogP contribution is -2.12. The van der Waals surface area contributed by atoms with Gasteiger partial charge in [0.25, 0.3) is 5.91 Å². The van der Waals surface area contributed by atoms with Crippen molar-refractivity contribution < 1.29 is 13.9 Å². The standard InChI is InChI=1S/C21H18N4O3S/c1-12-11-15(28-21-22-9-4-10-23-21)6-7-16(12)25-19(26)18-14(3)24-20(29-18)17-8-5-13(2)27-17/h4-11H,1-3H3,(H,25,26). The fourth-order valence-corrected chi connectivity index (χ4v) is 3.65. The predicted molar refractivity (Wildman–Crippen MR) is 111 cm³/mol. The number of amides is 1. The molecular weight excluding hydrogens is 388 g/mol. The largest absolute Gasteiger partial charge is 0.459 e. The number of aryl methyl sites for hydroxylation is 3. The van der Waals surface area contributed by atoms with Crippen LogP contribution >= 0.6 is 11.3 Å². The molecule has 4 aromatic rings. The van der Waals surface area contributed by atoms with Gasteiger partial charge >= 0.3 is 6.01 Å². The molecule has 3 aromatic heterocycles. The van der Waals surface area contributed by atoms with Gasteiger partial charge in [-0.3, -0.25) is 4.79 Å². The molecule has 8 heteroatoms. The summed E-state index contributed by atoms with van der Waals surface area (Å²) in [6.45, 7) is 5.58. The fourth-order valence-electron chi connectivity index (χ4n) is 2.72. The second-order valence-electron chi connectivity index (χ2n) is 6.41. The summed E-state index contributed by atoms with van der Waals surface area (Å²) in [7, 11) is 0. The number of aromatic nitrogens is 3. The van der Waals surface area contributed by atoms with Gasteiger partial charge in [0.2, 0.25) is 0 Å². The van der Waals surface area contributed by atoms with E-state index in [-0.39, 0.29) is 11.9 Å². The topological polar surface area (TPSA) is 90.1 Å². The van der Waals surface area contributed by atoms with Gasteiger partial charge in [0.15, 0.2) is 10.8 Å². The molecule has 0 spiro atoms. The van der Waals surface area contributed by atoms with E-state index in [2.05, 4.69) is 20.3 Å². The monoisotopic (exact) mass is 406 g/mol. The van der Waals surface area contributed by atoms with Crippen molar-refractivity contribution in [3.05, 3.63) is 70.7 Å². The Morgan fingerprint density at radius 3 is 2.59 bits per heavy atom. The van der Waals surface area contributed by atoms with E-state index in [0.29, 0.717) is 32.8 Å². The molecule has 0 radical (unpaired) electrons. The second-order valence-corrected chi connectivity index (χ2v) is 7.41. The van der Waals surface area contributed by atoms with Crippen LogP contribution < -0.4 is 10.1 Å². The van der Waals surface area contributed by atoms with E-state index in [0.717, 1.165) is 11.3 Å². The number of nitrogens with zero attached hydrogens (tertiary/aromatic N) is 3. The quantitative estimate of drug-likeness (QED) is 0.492. The highest BCUT2D eigenvalue weighted by Gasteiger charge is 2.18. The average molecular weight is 406 g/mol. The van der Waals surface area contributed by atoms with Gasteiger partial charge in [0, 0.05) is 18.1 Å². The molecule has 1 aromatic carbocycles. The normalized spacial score (nSPS) is 10.7. The van der Waals surface area contributed by atoms with Crippen LogP contribution in [0.5, 0.6) is 11.8 Å². The molecular formula is C21H18N4O3S. The van der Waals surface area contributed by atoms with Crippen molar-refractivity contribution in [1.29, 1.82) is 0 Å². The molecule has 0 aliphatic rings. The Balaban J connectivity index is 1.50. The molecule has 0 fully saturated rings. The van der Waals surface area contributed by atoms with Gasteiger partial charge < -0.3 is 14.5 Å². The number of rotatable bonds is 5. The first-order chi connectivity index (χ1) is 14.0. The van der Waals surface area contributed by atoms with Crippen molar-refractivity contribution in [3.63, 3.8) is 0 Å². The van der Waals surface area contributed by atoms with Crippen molar-refractivity contribution in [2.24, 2.45) is 0 Å². The van der Waals surface area contributed by atoms with E-state index in [1.165, 1.54) is 11.3 Å². The number of hydrogen-bond donors (Lipinski definition) is 1. The first-order valence-corrected chi connectivity index (χ1v) is 9.72. The summed E-state index contributed by atoms with van der Waals surface area (Å²) >= 11 is 1.31. The number of ether oxygens (including phenoxy) is 1. The van der Waals surface area contributed by atoms with Crippen molar-refractivity contribution in [2.45, 2.75) is 20.8 Å². The van der Waals surface area contributed by atoms with Gasteiger partial charge in [-0.25, -0.2) is 15.0 Å². The van der Waals surface area contributed by atoms with E-state index in [9.17, 15) is 4.79 Å². The van der Waals surface area contributed by atoms with Crippen LogP contribution in [0.15, 0.2) is 53.2 Å². The van der Waals surface area contributed by atoms with Gasteiger partial charge in [-0.05, 0) is 62.7 Å². The number of carbonyl (C=O) groups is 1. The van der Waals surface area contributed by atoms with Crippen LogP contribution in [-0.2, 0) is 0 Å². The molecule has 0 aliphatic carbocycles. The van der Waals surface area contributed by atoms with Crippen LogP contribution in [-0.4, -0.2) is 20.9 Å². The van der Waals surface area contributed by atoms with E-state index in [1.807, 2.05) is 39.0 Å². The van der Waals surface area contributed by atoms with Crippen molar-refractivity contribution in [1.82, 2.24) is 15.0 Å². The van der Waals surface area contributed by atoms with Gasteiger partial charge in [-0.2, -0.15) is 0 Å². The molecule has 7 nitrogen and oxygen atoms in total. The number of hydrogen-bond acceptors (Lipinski definition) is 7. The average Bonchev–Trinajstić information content (AvgIpc) is 3.30. The highest BCUT2D eigenvalue weighted by molar-refractivity contribution is 7.17. The Kier molecular flexibility index (Phi) is 5.09. The first kappa shape index (κ1) is 18.8. The van der Waals surface area contributed by atoms with Crippen LogP contribution in [0.25, 0.3) is 10.8 Å². The first-order valence-electron chi connectivity index (χ1n) is 8.91. The number of nitrogens with one attached hydrogen (secondary N) is 1. The Labute approximate surface area is 171 Å². The summed E-state index contributed by atoms with van der Waals surface area (Å²) in [4.78, 5) is 25.9. The van der Waals surface area contributed by atoms with E-state index < -0.39 is 0 Å². The number of carbonyl (C=O) groups excluding carboxylic acids is 1. The summed E-state index contributed by atoms with van der Waals surface area (Å²) < 4.78 is 11.2. The third-order valence-corrected chi connectivity index (χ3v) is 5.32. The Bertz CT molecular complexity index is 1170. The zero-order valence-electron chi connectivity index (χ0n) is 16.1. The Morgan fingerprint density at radius 2 is 1.90 bits per heavy atom. The summed E-state index contributed by atoms with van der Waals surface area (Å²) in [5, 5.41) is 3.63. The Morgan fingerprint density at radius 1 is 1.10 bits per heavy atom. The van der Waals surface area contributed by atoms with Crippen LogP contribution in [0, 0.1) is 20.8 Å². The molecule has 0 unspecified atom stereocenters. The summed E-state index contributed by atoms with van der Waals surface area (Å²) in [5.74, 6) is 1.85. The summed E-state index contributed by atoms with van der Waals surface area (Å²) in [5.41, 5.74) is 2.21. The molecule has 1 N–H and O–H groups in total. The van der Waals surface area contributed by atoms with Crippen LogP contribution in [0.2, 0.25) is 0 Å². The van der Waals surface area contributed by atoms with Gasteiger partial charge in [0.05, 0.1) is 5.69 Å². The SMILES string of the molecule is Cc1ccc(-c2nc(C)c(C(=O)Nc3ccc(Oc4ncccn4)cc3C)s2)o1. The van der Waals surface area contributed by atoms with Crippen LogP contribution in [0.1, 0.15) is 26.7 Å². The molecule has 1 amide bonds. The van der Waals surface area contributed by atoms with Crippen molar-refractivity contribution >= 4 is 22.9 Å². The lowest BCUT2D eigenvalue weighted by molar-refractivity contribution is 0.102. The molecule has 3 heterocycles. The van der Waals surface area contributed by atoms with E-state index in [1.54, 1.807) is 30.6 Å². The van der Waals surface area contributed by atoms with Gasteiger partial charge in [0.1, 0.15) is 16.4 Å². The van der Waals surface area contributed by atoms with E-state index >= 15 is 0 Å². The minimum atomic E-state index is -0.210. The molecule has 0 aliphatic heterocycles. The van der Waals surface area contributed by atoms with Crippen molar-refractivity contribution in [3.8, 4) is 22.5 Å². The van der Waals surface area contributed by atoms with E-state index in [4.69, 9.17) is 9.15 Å². The molecule has 4 rings (SSSR count). The molecule has 0 saturated carbocycles. The predicted octanol–water partition coefficient (Wildman–Crippen LogP) is 5.16. The number of anilines is 1. The number of thiazole rings is 1. The van der Waals surface area contributed by atoms with Crippen molar-refractivity contribution in [2.75, 3.05) is 5.32 Å². The third-order valence-electron chi connectivity index (χ3n) is 4.15. The summed E-state index contributed by atoms with van der Waals surface area (Å²) in [6, 6.07) is 11.1. The lowest BCUT2D eigenvalue weighted by Gasteiger charge is -2.10. The highest BCUT2D eigenvalue weighted by Crippen LogP contribution is 2.30. The molecule has 0 saturated heterocycles. The zero-order valence-corrected chi connectivity index (χ0v) is 16.9. The minimum absolute atomic E-state index is 0.210. The van der Waals surface area contributed by atoms with Crippen LogP contribution in [0.4, 0.5) is 5.69 Å². The molecule has 146 valence electrons. The third kappa shape index (κ3) is 4.17. The minimum Gasteiger partial charge on any atom is -0.459 e. The fraction of sp³-hybridized carbons (Fsp3) is 0.143. The van der Waals surface area contributed by atoms with Crippen LogP contribution in [0.3, 0.4) is 0 Å².